The molecule has 3 aromatic rings. The molecule has 1 amide bonds. The van der Waals surface area contributed by atoms with Crippen LogP contribution in [-0.4, -0.2) is 58.5 Å². The van der Waals surface area contributed by atoms with E-state index < -0.39 is 0 Å². The van der Waals surface area contributed by atoms with Crippen LogP contribution in [0.1, 0.15) is 22.7 Å². The zero-order chi connectivity index (χ0) is 21.4. The van der Waals surface area contributed by atoms with Crippen LogP contribution in [0.15, 0.2) is 29.1 Å². The number of aryl methyl sites for hydroxylation is 2. The zero-order valence-electron chi connectivity index (χ0n) is 17.0. The van der Waals surface area contributed by atoms with E-state index in [4.69, 9.17) is 9.72 Å². The fourth-order valence-corrected chi connectivity index (χ4v) is 5.54. The molecule has 7 nitrogen and oxygen atoms in total. The second-order valence-corrected chi connectivity index (χ2v) is 9.03. The summed E-state index contributed by atoms with van der Waals surface area (Å²) in [7, 11) is 0. The van der Waals surface area contributed by atoms with Crippen molar-refractivity contribution in [1.29, 1.82) is 0 Å². The fourth-order valence-electron chi connectivity index (χ4n) is 4.26. The number of amides is 1. The normalized spacial score (nSPS) is 16.6. The van der Waals surface area contributed by atoms with Gasteiger partial charge in [-0.1, -0.05) is 0 Å². The summed E-state index contributed by atoms with van der Waals surface area (Å²) in [6, 6.07) is 5.62. The van der Waals surface area contributed by atoms with E-state index in [0.29, 0.717) is 44.3 Å². The summed E-state index contributed by atoms with van der Waals surface area (Å²) in [5.74, 6) is 0.716. The molecular weight excluding hydrogens is 419 g/mol. The van der Waals surface area contributed by atoms with Crippen molar-refractivity contribution in [2.24, 2.45) is 0 Å². The highest BCUT2D eigenvalue weighted by Crippen LogP contribution is 2.34. The molecule has 1 aromatic carbocycles. The number of hydrogen-bond acceptors (Lipinski definition) is 6. The van der Waals surface area contributed by atoms with E-state index in [0.717, 1.165) is 29.5 Å². The topological polar surface area (TPSA) is 78.5 Å². The van der Waals surface area contributed by atoms with Crippen LogP contribution in [-0.2, 0) is 24.2 Å². The number of fused-ring (bicyclic) bond motifs is 3. The Balaban J connectivity index is 1.16. The van der Waals surface area contributed by atoms with E-state index in [-0.39, 0.29) is 23.9 Å². The highest BCUT2D eigenvalue weighted by Gasteiger charge is 2.24. The number of halogens is 1. The lowest BCUT2D eigenvalue weighted by atomic mass is 10.2. The highest BCUT2D eigenvalue weighted by molar-refractivity contribution is 7.18. The Kier molecular flexibility index (Phi) is 5.45. The number of nitrogens with zero attached hydrogens (tertiary/aromatic N) is 3. The molecule has 1 fully saturated rings. The predicted molar refractivity (Wildman–Crippen MR) is 116 cm³/mol. The van der Waals surface area contributed by atoms with Crippen LogP contribution in [0.2, 0.25) is 0 Å². The van der Waals surface area contributed by atoms with Gasteiger partial charge in [0.1, 0.15) is 22.2 Å². The Morgan fingerprint density at radius 3 is 2.71 bits per heavy atom. The zero-order valence-corrected chi connectivity index (χ0v) is 17.8. The fraction of sp³-hybridized carbons (Fsp3) is 0.409. The minimum Gasteiger partial charge on any atom is -0.484 e. The van der Waals surface area contributed by atoms with Crippen LogP contribution in [0.25, 0.3) is 10.2 Å². The summed E-state index contributed by atoms with van der Waals surface area (Å²) >= 11 is 1.65. The lowest BCUT2D eigenvalue weighted by Crippen LogP contribution is -2.49. The Labute approximate surface area is 182 Å². The van der Waals surface area contributed by atoms with Crippen molar-refractivity contribution in [3.63, 3.8) is 0 Å². The number of carbonyl (C=O) groups excluding carboxylic acids is 1. The first-order chi connectivity index (χ1) is 15.1. The molecule has 1 aliphatic carbocycles. The van der Waals surface area contributed by atoms with Crippen LogP contribution >= 0.6 is 11.3 Å². The smallest absolute Gasteiger partial charge is 0.260 e. The van der Waals surface area contributed by atoms with Crippen molar-refractivity contribution in [1.82, 2.24) is 19.8 Å². The van der Waals surface area contributed by atoms with Gasteiger partial charge in [0.25, 0.3) is 11.5 Å². The number of benzene rings is 1. The number of rotatable bonds is 5. The van der Waals surface area contributed by atoms with Gasteiger partial charge in [0.2, 0.25) is 0 Å². The third kappa shape index (κ3) is 4.20. The molecule has 0 bridgehead atoms. The number of aromatic nitrogens is 2. The second kappa shape index (κ2) is 8.39. The monoisotopic (exact) mass is 442 g/mol. The number of hydrogen-bond donors (Lipinski definition) is 1. The van der Waals surface area contributed by atoms with Crippen molar-refractivity contribution in [3.8, 4) is 5.75 Å². The highest BCUT2D eigenvalue weighted by atomic mass is 32.1. The maximum atomic E-state index is 12.9. The van der Waals surface area contributed by atoms with Crippen LogP contribution in [0.4, 0.5) is 4.39 Å². The molecule has 0 unspecified atom stereocenters. The van der Waals surface area contributed by atoms with Crippen molar-refractivity contribution < 1.29 is 13.9 Å². The van der Waals surface area contributed by atoms with Crippen molar-refractivity contribution in [2.75, 3.05) is 32.8 Å². The van der Waals surface area contributed by atoms with Gasteiger partial charge < -0.3 is 14.6 Å². The Morgan fingerprint density at radius 1 is 1.16 bits per heavy atom. The summed E-state index contributed by atoms with van der Waals surface area (Å²) in [6.07, 6.45) is 3.14. The summed E-state index contributed by atoms with van der Waals surface area (Å²) in [4.78, 5) is 38.8. The molecule has 2 aromatic heterocycles. The Hall–Kier alpha value is -2.78. The molecule has 1 aliphatic heterocycles. The minimum atomic E-state index is -0.340. The Bertz CT molecular complexity index is 1170. The number of nitrogens with one attached hydrogen (secondary N) is 1. The number of piperazine rings is 1. The Morgan fingerprint density at radius 2 is 1.94 bits per heavy atom. The lowest BCUT2D eigenvalue weighted by molar-refractivity contribution is -0.135. The first-order valence-corrected chi connectivity index (χ1v) is 11.3. The molecule has 1 N–H and O–H groups in total. The van der Waals surface area contributed by atoms with Crippen LogP contribution in [0, 0.1) is 5.82 Å². The second-order valence-electron chi connectivity index (χ2n) is 7.95. The third-order valence-electron chi connectivity index (χ3n) is 5.90. The van der Waals surface area contributed by atoms with Crippen LogP contribution < -0.4 is 10.3 Å². The number of aromatic amines is 1. The van der Waals surface area contributed by atoms with Gasteiger partial charge in [-0.05, 0) is 49.1 Å². The van der Waals surface area contributed by atoms with E-state index in [1.165, 1.54) is 34.7 Å². The SMILES string of the molecule is O=C(COc1ccc(F)cc1)N1CCN(Cc2nc3sc4c(c3c(=O)[nH]2)CCC4)CC1. The quantitative estimate of drug-likeness (QED) is 0.656. The van der Waals surface area contributed by atoms with Gasteiger partial charge in [-0.15, -0.1) is 11.3 Å². The first-order valence-electron chi connectivity index (χ1n) is 10.5. The number of carbonyl (C=O) groups is 1. The molecule has 2 aliphatic rings. The molecule has 31 heavy (non-hydrogen) atoms. The molecule has 0 atom stereocenters. The van der Waals surface area contributed by atoms with Gasteiger partial charge in [-0.25, -0.2) is 9.37 Å². The molecule has 3 heterocycles. The van der Waals surface area contributed by atoms with Crippen molar-refractivity contribution in [2.45, 2.75) is 25.8 Å². The van der Waals surface area contributed by atoms with Gasteiger partial charge in [-0.3, -0.25) is 14.5 Å². The molecule has 0 spiro atoms. The van der Waals surface area contributed by atoms with Gasteiger partial charge in [0.05, 0.1) is 11.9 Å². The largest absolute Gasteiger partial charge is 0.484 e. The predicted octanol–water partition coefficient (Wildman–Crippen LogP) is 2.34. The van der Waals surface area contributed by atoms with E-state index >= 15 is 0 Å². The summed E-state index contributed by atoms with van der Waals surface area (Å²) < 4.78 is 18.4. The van der Waals surface area contributed by atoms with Gasteiger partial charge in [0, 0.05) is 31.1 Å². The van der Waals surface area contributed by atoms with Gasteiger partial charge in [0.15, 0.2) is 6.61 Å². The molecule has 162 valence electrons. The van der Waals surface area contributed by atoms with Crippen molar-refractivity contribution in [3.05, 3.63) is 56.7 Å². The average molecular weight is 443 g/mol. The number of ether oxygens (including phenoxy) is 1. The van der Waals surface area contributed by atoms with Crippen LogP contribution in [0.5, 0.6) is 5.75 Å². The van der Waals surface area contributed by atoms with Crippen LogP contribution in [0.3, 0.4) is 0 Å². The summed E-state index contributed by atoms with van der Waals surface area (Å²) in [5, 5.41) is 0.776. The van der Waals surface area contributed by atoms with Gasteiger partial charge >= 0.3 is 0 Å². The molecule has 0 radical (unpaired) electrons. The maximum absolute atomic E-state index is 12.9. The van der Waals surface area contributed by atoms with E-state index in [2.05, 4.69) is 9.88 Å². The maximum Gasteiger partial charge on any atom is 0.260 e. The third-order valence-corrected chi connectivity index (χ3v) is 7.08. The summed E-state index contributed by atoms with van der Waals surface area (Å²) in [5.41, 5.74) is 1.15. The molecule has 9 heteroatoms. The van der Waals surface area contributed by atoms with E-state index in [9.17, 15) is 14.0 Å². The molecular formula is C22H23FN4O3S. The number of H-pyrrole nitrogens is 1. The summed E-state index contributed by atoms with van der Waals surface area (Å²) in [6.45, 7) is 3.06. The lowest BCUT2D eigenvalue weighted by Gasteiger charge is -2.34. The molecule has 5 rings (SSSR count). The first kappa shape index (κ1) is 20.1. The molecule has 0 saturated carbocycles. The molecule has 1 saturated heterocycles. The van der Waals surface area contributed by atoms with E-state index in [1.807, 2.05) is 0 Å². The standard InChI is InChI=1S/C22H23FN4O3S/c23-14-4-6-15(7-5-14)30-13-19(28)27-10-8-26(9-11-27)12-18-24-21(29)20-16-2-1-3-17(16)31-22(20)25-18/h4-7H,1-3,8-13H2,(H,24,25,29). The number of thiophene rings is 1. The van der Waals surface area contributed by atoms with Gasteiger partial charge in [-0.2, -0.15) is 0 Å². The minimum absolute atomic E-state index is 0.0360. The van der Waals surface area contributed by atoms with Crippen molar-refractivity contribution >= 4 is 27.5 Å². The average Bonchev–Trinajstić information content (AvgIpc) is 3.34. The van der Waals surface area contributed by atoms with E-state index in [1.54, 1.807) is 16.2 Å².